The predicted molar refractivity (Wildman–Crippen MR) is 123 cm³/mol. The molecule has 2 saturated heterocycles. The molecule has 2 aliphatic heterocycles. The van der Waals surface area contributed by atoms with Crippen molar-refractivity contribution in [1.82, 2.24) is 5.32 Å². The normalized spacial score (nSPS) is 18.1. The fourth-order valence-electron chi connectivity index (χ4n) is 4.05. The molecule has 0 aromatic heterocycles. The Morgan fingerprint density at radius 1 is 1.00 bits per heavy atom. The second-order valence-corrected chi connectivity index (χ2v) is 8.03. The van der Waals surface area contributed by atoms with Gasteiger partial charge in [-0.3, -0.25) is 9.59 Å². The molecule has 0 radical (unpaired) electrons. The fourth-order valence-corrected chi connectivity index (χ4v) is 4.05. The zero-order chi connectivity index (χ0) is 21.5. The summed E-state index contributed by atoms with van der Waals surface area (Å²) in [7, 11) is 0. The van der Waals surface area contributed by atoms with Crippen LogP contribution in [0.3, 0.4) is 0 Å². The van der Waals surface area contributed by atoms with Crippen LogP contribution in [0.25, 0.3) is 0 Å². The van der Waals surface area contributed by atoms with E-state index in [0.717, 1.165) is 38.2 Å². The van der Waals surface area contributed by atoms with E-state index >= 15 is 0 Å². The summed E-state index contributed by atoms with van der Waals surface area (Å²) in [6, 6.07) is 15.2. The third-order valence-corrected chi connectivity index (χ3v) is 5.75. The summed E-state index contributed by atoms with van der Waals surface area (Å²) >= 11 is 0. The first-order valence-corrected chi connectivity index (χ1v) is 11.1. The number of anilines is 3. The lowest BCUT2D eigenvalue weighted by Gasteiger charge is -2.18. The summed E-state index contributed by atoms with van der Waals surface area (Å²) in [5, 5.41) is 8.92. The van der Waals surface area contributed by atoms with E-state index in [-0.39, 0.29) is 24.5 Å². The van der Waals surface area contributed by atoms with E-state index < -0.39 is 0 Å². The number of nitrogens with one attached hydrogen (secondary N) is 3. The van der Waals surface area contributed by atoms with Gasteiger partial charge in [-0.1, -0.05) is 12.1 Å². The lowest BCUT2D eigenvalue weighted by atomic mass is 10.1. The van der Waals surface area contributed by atoms with Crippen LogP contribution in [-0.4, -0.2) is 50.7 Å². The molecule has 0 unspecified atom stereocenters. The first-order valence-electron chi connectivity index (χ1n) is 11.1. The van der Waals surface area contributed by atoms with E-state index in [4.69, 9.17) is 4.74 Å². The predicted octanol–water partition coefficient (Wildman–Crippen LogP) is 3.25. The maximum atomic E-state index is 12.6. The molecule has 4 rings (SSSR count). The Hall–Kier alpha value is -3.06. The van der Waals surface area contributed by atoms with Crippen LogP contribution in [0.2, 0.25) is 0 Å². The van der Waals surface area contributed by atoms with Crippen LogP contribution in [0.15, 0.2) is 48.5 Å². The van der Waals surface area contributed by atoms with Crippen LogP contribution >= 0.6 is 0 Å². The first kappa shape index (κ1) is 21.2. The van der Waals surface area contributed by atoms with Crippen molar-refractivity contribution in [2.75, 3.05) is 48.3 Å². The second kappa shape index (κ2) is 10.3. The molecule has 0 saturated carbocycles. The molecular weight excluding hydrogens is 392 g/mol. The van der Waals surface area contributed by atoms with Crippen molar-refractivity contribution in [3.8, 4) is 0 Å². The van der Waals surface area contributed by atoms with E-state index in [1.54, 1.807) is 12.1 Å². The van der Waals surface area contributed by atoms with Crippen LogP contribution in [0.1, 0.15) is 36.0 Å². The average Bonchev–Trinajstić information content (AvgIpc) is 3.51. The van der Waals surface area contributed by atoms with Gasteiger partial charge in [0.25, 0.3) is 5.91 Å². The Morgan fingerprint density at radius 2 is 1.77 bits per heavy atom. The molecule has 2 aromatic carbocycles. The van der Waals surface area contributed by atoms with Gasteiger partial charge in [0, 0.05) is 43.3 Å². The first-order chi connectivity index (χ1) is 15.2. The Morgan fingerprint density at radius 3 is 2.52 bits per heavy atom. The van der Waals surface area contributed by atoms with Crippen LogP contribution in [0.4, 0.5) is 17.1 Å². The number of benzene rings is 2. The summed E-state index contributed by atoms with van der Waals surface area (Å²) in [4.78, 5) is 27.3. The fraction of sp³-hybridized carbons (Fsp3) is 0.417. The van der Waals surface area contributed by atoms with E-state index in [1.807, 2.05) is 36.4 Å². The standard InChI is InChI=1S/C24H30N4O3/c29-23(27-18-9-11-19(12-10-18)28-13-3-4-14-28)17-25-22-8-2-1-7-21(22)24(30)26-16-20-6-5-15-31-20/h1-2,7-12,20,25H,3-6,13-17H2,(H,26,30)(H,27,29)/t20-/m1/s1. The molecule has 0 aliphatic carbocycles. The molecule has 1 atom stereocenters. The Kier molecular flexibility index (Phi) is 7.04. The van der Waals surface area contributed by atoms with Crippen molar-refractivity contribution in [3.63, 3.8) is 0 Å². The van der Waals surface area contributed by atoms with E-state index in [2.05, 4.69) is 20.9 Å². The summed E-state index contributed by atoms with van der Waals surface area (Å²) in [5.41, 5.74) is 3.10. The van der Waals surface area contributed by atoms with Gasteiger partial charge in [-0.05, 0) is 62.1 Å². The van der Waals surface area contributed by atoms with Gasteiger partial charge in [-0.2, -0.15) is 0 Å². The third-order valence-electron chi connectivity index (χ3n) is 5.75. The highest BCUT2D eigenvalue weighted by molar-refractivity contribution is 6.01. The summed E-state index contributed by atoms with van der Waals surface area (Å²) < 4.78 is 5.56. The maximum absolute atomic E-state index is 12.6. The largest absolute Gasteiger partial charge is 0.376 e. The smallest absolute Gasteiger partial charge is 0.253 e. The minimum atomic E-state index is -0.170. The number of carbonyl (C=O) groups is 2. The minimum Gasteiger partial charge on any atom is -0.376 e. The van der Waals surface area contributed by atoms with Crippen molar-refractivity contribution in [2.24, 2.45) is 0 Å². The lowest BCUT2D eigenvalue weighted by molar-refractivity contribution is -0.114. The van der Waals surface area contributed by atoms with Gasteiger partial charge in [-0.15, -0.1) is 0 Å². The molecule has 7 nitrogen and oxygen atoms in total. The molecular formula is C24H30N4O3. The molecule has 2 heterocycles. The molecule has 3 N–H and O–H groups in total. The zero-order valence-electron chi connectivity index (χ0n) is 17.7. The van der Waals surface area contributed by atoms with Gasteiger partial charge in [0.15, 0.2) is 0 Å². The number of nitrogens with zero attached hydrogens (tertiary/aromatic N) is 1. The highest BCUT2D eigenvalue weighted by Crippen LogP contribution is 2.22. The summed E-state index contributed by atoms with van der Waals surface area (Å²) in [6.45, 7) is 3.52. The molecule has 2 aliphatic rings. The highest BCUT2D eigenvalue weighted by atomic mass is 16.5. The molecule has 2 aromatic rings. The molecule has 0 spiro atoms. The number of amides is 2. The van der Waals surface area contributed by atoms with Crippen molar-refractivity contribution in [2.45, 2.75) is 31.8 Å². The number of ether oxygens (including phenoxy) is 1. The number of hydrogen-bond acceptors (Lipinski definition) is 5. The summed E-state index contributed by atoms with van der Waals surface area (Å²) in [5.74, 6) is -0.333. The molecule has 31 heavy (non-hydrogen) atoms. The molecule has 0 bridgehead atoms. The molecule has 2 amide bonds. The highest BCUT2D eigenvalue weighted by Gasteiger charge is 2.18. The quantitative estimate of drug-likeness (QED) is 0.608. The molecule has 164 valence electrons. The van der Waals surface area contributed by atoms with Crippen LogP contribution in [-0.2, 0) is 9.53 Å². The second-order valence-electron chi connectivity index (χ2n) is 8.03. The van der Waals surface area contributed by atoms with Gasteiger partial charge in [0.1, 0.15) is 0 Å². The number of rotatable bonds is 8. The monoisotopic (exact) mass is 422 g/mol. The molecule has 7 heteroatoms. The Labute approximate surface area is 183 Å². The lowest BCUT2D eigenvalue weighted by Crippen LogP contribution is -2.32. The number of para-hydroxylation sites is 1. The summed E-state index contributed by atoms with van der Waals surface area (Å²) in [6.07, 6.45) is 4.57. The Balaban J connectivity index is 1.28. The van der Waals surface area contributed by atoms with Gasteiger partial charge in [0.2, 0.25) is 5.91 Å². The molecule has 2 fully saturated rings. The van der Waals surface area contributed by atoms with Gasteiger partial charge in [-0.25, -0.2) is 0 Å². The van der Waals surface area contributed by atoms with E-state index in [0.29, 0.717) is 17.8 Å². The van der Waals surface area contributed by atoms with Crippen molar-refractivity contribution >= 4 is 28.9 Å². The Bertz CT molecular complexity index is 888. The van der Waals surface area contributed by atoms with Crippen molar-refractivity contribution in [1.29, 1.82) is 0 Å². The topological polar surface area (TPSA) is 82.7 Å². The maximum Gasteiger partial charge on any atom is 0.253 e. The van der Waals surface area contributed by atoms with E-state index in [9.17, 15) is 9.59 Å². The minimum absolute atomic E-state index is 0.0733. The van der Waals surface area contributed by atoms with Crippen molar-refractivity contribution in [3.05, 3.63) is 54.1 Å². The van der Waals surface area contributed by atoms with Crippen molar-refractivity contribution < 1.29 is 14.3 Å². The average molecular weight is 423 g/mol. The van der Waals surface area contributed by atoms with E-state index in [1.165, 1.54) is 18.5 Å². The van der Waals surface area contributed by atoms with Crippen LogP contribution in [0.5, 0.6) is 0 Å². The van der Waals surface area contributed by atoms with Crippen LogP contribution < -0.4 is 20.9 Å². The SMILES string of the molecule is O=C(CNc1ccccc1C(=O)NC[C@H]1CCCO1)Nc1ccc(N2CCCC2)cc1. The van der Waals surface area contributed by atoms with Gasteiger partial charge >= 0.3 is 0 Å². The number of carbonyl (C=O) groups excluding carboxylic acids is 2. The van der Waals surface area contributed by atoms with Gasteiger partial charge in [0.05, 0.1) is 18.2 Å². The third kappa shape index (κ3) is 5.76. The number of hydrogen-bond donors (Lipinski definition) is 3. The van der Waals surface area contributed by atoms with Crippen LogP contribution in [0, 0.1) is 0 Å². The van der Waals surface area contributed by atoms with Gasteiger partial charge < -0.3 is 25.6 Å². The zero-order valence-corrected chi connectivity index (χ0v) is 17.7.